The van der Waals surface area contributed by atoms with Gasteiger partial charge in [-0.1, -0.05) is 48.0 Å². The number of carbonyl (C=O) groups excluding carboxylic acids is 1. The molecule has 2 N–H and O–H groups in total. The molecule has 8 heteroatoms. The smallest absolute Gasteiger partial charge is 0.261 e. The summed E-state index contributed by atoms with van der Waals surface area (Å²) < 4.78 is 39.7. The van der Waals surface area contributed by atoms with Crippen molar-refractivity contribution in [3.63, 3.8) is 0 Å². The summed E-state index contributed by atoms with van der Waals surface area (Å²) in [6.45, 7) is 4.38. The third-order valence-electron chi connectivity index (χ3n) is 5.53. The summed E-state index contributed by atoms with van der Waals surface area (Å²) in [5, 5.41) is 2.79. The quantitative estimate of drug-likeness (QED) is 0.259. The lowest BCUT2D eigenvalue weighted by atomic mass is 10.1. The number of hydrogen-bond acceptors (Lipinski definition) is 5. The lowest BCUT2D eigenvalue weighted by molar-refractivity contribution is 0.102. The third-order valence-corrected chi connectivity index (χ3v) is 6.91. The topological polar surface area (TPSA) is 93.7 Å². The fourth-order valence-electron chi connectivity index (χ4n) is 3.66. The molecule has 4 aromatic carbocycles. The number of rotatable bonds is 10. The van der Waals surface area contributed by atoms with Gasteiger partial charge >= 0.3 is 0 Å². The number of nitrogens with one attached hydrogen (secondary N) is 2. The summed E-state index contributed by atoms with van der Waals surface area (Å²) in [6, 6.07) is 27.8. The number of amides is 1. The molecule has 0 aliphatic heterocycles. The fourth-order valence-corrected chi connectivity index (χ4v) is 4.79. The predicted octanol–water partition coefficient (Wildman–Crippen LogP) is 5.81. The monoisotopic (exact) mass is 516 g/mol. The number of aryl methyl sites for hydroxylation is 2. The van der Waals surface area contributed by atoms with Crippen LogP contribution in [0.3, 0.4) is 0 Å². The Bertz CT molecular complexity index is 1470. The summed E-state index contributed by atoms with van der Waals surface area (Å²) >= 11 is 0. The van der Waals surface area contributed by atoms with Crippen molar-refractivity contribution in [2.24, 2.45) is 0 Å². The lowest BCUT2D eigenvalue weighted by Crippen LogP contribution is -2.16. The number of ether oxygens (including phenoxy) is 2. The molecule has 0 saturated heterocycles. The molecule has 0 aliphatic rings. The van der Waals surface area contributed by atoms with Crippen LogP contribution < -0.4 is 19.5 Å². The van der Waals surface area contributed by atoms with E-state index >= 15 is 0 Å². The SMILES string of the molecule is Cc1ccc(NS(=O)(=O)c2ccc(NC(=O)c3ccccc3OCCOc3ccccc3)cc2)c(C)c1. The number of hydrogen-bond donors (Lipinski definition) is 2. The third kappa shape index (κ3) is 6.89. The van der Waals surface area contributed by atoms with E-state index in [0.717, 1.165) is 16.9 Å². The Morgan fingerprint density at radius 3 is 2.19 bits per heavy atom. The van der Waals surface area contributed by atoms with E-state index in [0.29, 0.717) is 29.3 Å². The molecule has 1 amide bonds. The molecule has 4 rings (SSSR count). The van der Waals surface area contributed by atoms with Gasteiger partial charge in [0.2, 0.25) is 0 Å². The van der Waals surface area contributed by atoms with Crippen LogP contribution in [0.15, 0.2) is 102 Å². The Morgan fingerprint density at radius 1 is 0.784 bits per heavy atom. The molecule has 0 heterocycles. The summed E-state index contributed by atoms with van der Waals surface area (Å²) in [7, 11) is -3.78. The average Bonchev–Trinajstić information content (AvgIpc) is 2.89. The van der Waals surface area contributed by atoms with Gasteiger partial charge < -0.3 is 14.8 Å². The number of anilines is 2. The minimum Gasteiger partial charge on any atom is -0.490 e. The van der Waals surface area contributed by atoms with E-state index in [1.807, 2.05) is 56.3 Å². The zero-order valence-corrected chi connectivity index (χ0v) is 21.4. The van der Waals surface area contributed by atoms with Crippen LogP contribution >= 0.6 is 0 Å². The molecule has 37 heavy (non-hydrogen) atoms. The maximum absolute atomic E-state index is 12.9. The second kappa shape index (κ2) is 11.6. The Kier molecular flexibility index (Phi) is 8.10. The van der Waals surface area contributed by atoms with Crippen LogP contribution in [0.2, 0.25) is 0 Å². The highest BCUT2D eigenvalue weighted by Crippen LogP contribution is 2.23. The normalized spacial score (nSPS) is 11.0. The second-order valence-corrected chi connectivity index (χ2v) is 10.1. The molecule has 0 spiro atoms. The van der Waals surface area contributed by atoms with Crippen LogP contribution in [-0.4, -0.2) is 27.5 Å². The van der Waals surface area contributed by atoms with Crippen LogP contribution in [0.1, 0.15) is 21.5 Å². The highest BCUT2D eigenvalue weighted by molar-refractivity contribution is 7.92. The van der Waals surface area contributed by atoms with Crippen molar-refractivity contribution in [1.29, 1.82) is 0 Å². The van der Waals surface area contributed by atoms with Crippen LogP contribution in [0.5, 0.6) is 11.5 Å². The van der Waals surface area contributed by atoms with Gasteiger partial charge in [0.05, 0.1) is 16.1 Å². The van der Waals surface area contributed by atoms with Crippen molar-refractivity contribution < 1.29 is 22.7 Å². The Morgan fingerprint density at radius 2 is 1.46 bits per heavy atom. The number of benzene rings is 4. The van der Waals surface area contributed by atoms with Crippen LogP contribution in [0.25, 0.3) is 0 Å². The highest BCUT2D eigenvalue weighted by atomic mass is 32.2. The van der Waals surface area contributed by atoms with Gasteiger partial charge in [-0.25, -0.2) is 8.42 Å². The van der Waals surface area contributed by atoms with E-state index in [9.17, 15) is 13.2 Å². The first-order chi connectivity index (χ1) is 17.8. The average molecular weight is 517 g/mol. The summed E-state index contributed by atoms with van der Waals surface area (Å²) in [5.41, 5.74) is 3.22. The van der Waals surface area contributed by atoms with Crippen molar-refractivity contribution in [3.8, 4) is 11.5 Å². The molecule has 0 aromatic heterocycles. The van der Waals surface area contributed by atoms with Crippen molar-refractivity contribution in [1.82, 2.24) is 0 Å². The van der Waals surface area contributed by atoms with Gasteiger partial charge in [0.25, 0.3) is 15.9 Å². The summed E-state index contributed by atoms with van der Waals surface area (Å²) in [6.07, 6.45) is 0. The van der Waals surface area contributed by atoms with Gasteiger partial charge in [-0.15, -0.1) is 0 Å². The van der Waals surface area contributed by atoms with Gasteiger partial charge in [0.15, 0.2) is 0 Å². The number of para-hydroxylation sites is 2. The minimum absolute atomic E-state index is 0.0904. The van der Waals surface area contributed by atoms with E-state index in [-0.39, 0.29) is 17.4 Å². The van der Waals surface area contributed by atoms with E-state index in [2.05, 4.69) is 10.0 Å². The molecule has 0 fully saturated rings. The van der Waals surface area contributed by atoms with Crippen molar-refractivity contribution in [2.75, 3.05) is 23.3 Å². The second-order valence-electron chi connectivity index (χ2n) is 8.41. The van der Waals surface area contributed by atoms with Gasteiger partial charge in [-0.3, -0.25) is 9.52 Å². The van der Waals surface area contributed by atoms with Crippen molar-refractivity contribution in [3.05, 3.63) is 114 Å². The molecule has 4 aromatic rings. The highest BCUT2D eigenvalue weighted by Gasteiger charge is 2.17. The Labute approximate surface area is 217 Å². The van der Waals surface area contributed by atoms with Gasteiger partial charge in [0, 0.05) is 5.69 Å². The van der Waals surface area contributed by atoms with Gasteiger partial charge in [-0.2, -0.15) is 0 Å². The van der Waals surface area contributed by atoms with E-state index in [4.69, 9.17) is 9.47 Å². The first-order valence-corrected chi connectivity index (χ1v) is 13.2. The Balaban J connectivity index is 1.37. The maximum Gasteiger partial charge on any atom is 0.261 e. The molecule has 0 radical (unpaired) electrons. The van der Waals surface area contributed by atoms with Crippen LogP contribution in [0.4, 0.5) is 11.4 Å². The van der Waals surface area contributed by atoms with Crippen molar-refractivity contribution in [2.45, 2.75) is 18.7 Å². The number of carbonyl (C=O) groups is 1. The first kappa shape index (κ1) is 25.8. The molecule has 0 saturated carbocycles. The molecule has 0 atom stereocenters. The molecule has 0 unspecified atom stereocenters. The first-order valence-electron chi connectivity index (χ1n) is 11.7. The lowest BCUT2D eigenvalue weighted by Gasteiger charge is -2.13. The maximum atomic E-state index is 12.9. The molecular formula is C29H28N2O5S. The molecular weight excluding hydrogens is 488 g/mol. The van der Waals surface area contributed by atoms with E-state index in [1.54, 1.807) is 42.5 Å². The zero-order valence-electron chi connectivity index (χ0n) is 20.6. The largest absolute Gasteiger partial charge is 0.490 e. The molecule has 190 valence electrons. The summed E-state index contributed by atoms with van der Waals surface area (Å²) in [5.74, 6) is 0.795. The van der Waals surface area contributed by atoms with Crippen LogP contribution in [0, 0.1) is 13.8 Å². The predicted molar refractivity (Wildman–Crippen MR) is 145 cm³/mol. The van der Waals surface area contributed by atoms with Crippen molar-refractivity contribution >= 4 is 27.3 Å². The van der Waals surface area contributed by atoms with Gasteiger partial charge in [0.1, 0.15) is 24.7 Å². The molecule has 7 nitrogen and oxygen atoms in total. The van der Waals surface area contributed by atoms with E-state index in [1.165, 1.54) is 12.1 Å². The van der Waals surface area contributed by atoms with Gasteiger partial charge in [-0.05, 0) is 74.0 Å². The fraction of sp³-hybridized carbons (Fsp3) is 0.138. The summed E-state index contributed by atoms with van der Waals surface area (Å²) in [4.78, 5) is 13.0. The molecule has 0 bridgehead atoms. The minimum atomic E-state index is -3.78. The Hall–Kier alpha value is -4.30. The van der Waals surface area contributed by atoms with E-state index < -0.39 is 10.0 Å². The zero-order chi connectivity index (χ0) is 26.3. The standard InChI is InChI=1S/C29H28N2O5S/c1-21-12-17-27(22(2)20-21)31-37(33,34)25-15-13-23(14-16-25)30-29(32)26-10-6-7-11-28(26)36-19-18-35-24-8-4-3-5-9-24/h3-17,20,31H,18-19H2,1-2H3,(H,30,32). The van der Waals surface area contributed by atoms with Crippen LogP contribution in [-0.2, 0) is 10.0 Å². The molecule has 0 aliphatic carbocycles. The number of sulfonamides is 1.